The van der Waals surface area contributed by atoms with Gasteiger partial charge in [0.1, 0.15) is 0 Å². The summed E-state index contributed by atoms with van der Waals surface area (Å²) in [5.74, 6) is 0. The third-order valence-electron chi connectivity index (χ3n) is 3.96. The average Bonchev–Trinajstić information content (AvgIpc) is 2.93. The van der Waals surface area contributed by atoms with Crippen LogP contribution in [0.3, 0.4) is 0 Å². The summed E-state index contributed by atoms with van der Waals surface area (Å²) in [6.45, 7) is 7.22. The molecule has 1 heterocycles. The Balaban J connectivity index is 1.70. The highest BCUT2D eigenvalue weighted by atomic mass is 15.1. The summed E-state index contributed by atoms with van der Waals surface area (Å²) in [6, 6.07) is 11.6. The molecule has 1 fully saturated rings. The van der Waals surface area contributed by atoms with E-state index in [-0.39, 0.29) is 0 Å². The highest BCUT2D eigenvalue weighted by Crippen LogP contribution is 2.09. The van der Waals surface area contributed by atoms with Crippen LogP contribution < -0.4 is 5.32 Å². The first-order valence-corrected chi connectivity index (χ1v) is 7.88. The van der Waals surface area contributed by atoms with Crippen LogP contribution in [-0.2, 0) is 6.42 Å². The minimum Gasteiger partial charge on any atom is -0.313 e. The van der Waals surface area contributed by atoms with Crippen molar-refractivity contribution in [1.29, 1.82) is 0 Å². The molecule has 1 saturated heterocycles. The SMILES string of the molecule is CCCN(CCCc1ccccc1)CC1CCCN1. The van der Waals surface area contributed by atoms with Crippen LogP contribution in [-0.4, -0.2) is 37.1 Å². The quantitative estimate of drug-likeness (QED) is 0.773. The van der Waals surface area contributed by atoms with Gasteiger partial charge in [-0.3, -0.25) is 0 Å². The van der Waals surface area contributed by atoms with Gasteiger partial charge >= 0.3 is 0 Å². The Labute approximate surface area is 118 Å². The molecule has 106 valence electrons. The van der Waals surface area contributed by atoms with E-state index in [9.17, 15) is 0 Å². The molecule has 2 nitrogen and oxygen atoms in total. The maximum atomic E-state index is 3.61. The van der Waals surface area contributed by atoms with E-state index in [4.69, 9.17) is 0 Å². The zero-order valence-electron chi connectivity index (χ0n) is 12.3. The summed E-state index contributed by atoms with van der Waals surface area (Å²) in [6.07, 6.45) is 6.46. The third kappa shape index (κ3) is 5.33. The van der Waals surface area contributed by atoms with Gasteiger partial charge in [-0.05, 0) is 57.3 Å². The second-order valence-electron chi connectivity index (χ2n) is 5.68. The van der Waals surface area contributed by atoms with Crippen molar-refractivity contribution in [1.82, 2.24) is 10.2 Å². The van der Waals surface area contributed by atoms with Gasteiger partial charge in [-0.1, -0.05) is 37.3 Å². The highest BCUT2D eigenvalue weighted by Gasteiger charge is 2.17. The van der Waals surface area contributed by atoms with Crippen LogP contribution in [0, 0.1) is 0 Å². The van der Waals surface area contributed by atoms with Crippen LogP contribution in [0.15, 0.2) is 30.3 Å². The molecule has 0 amide bonds. The lowest BCUT2D eigenvalue weighted by atomic mass is 10.1. The molecule has 1 aliphatic rings. The molecule has 1 unspecified atom stereocenters. The number of rotatable bonds is 8. The Morgan fingerprint density at radius 1 is 1.21 bits per heavy atom. The van der Waals surface area contributed by atoms with Crippen molar-refractivity contribution in [2.45, 2.75) is 45.1 Å². The fraction of sp³-hybridized carbons (Fsp3) is 0.647. The fourth-order valence-electron chi connectivity index (χ4n) is 2.99. The van der Waals surface area contributed by atoms with Crippen molar-refractivity contribution in [3.63, 3.8) is 0 Å². The lowest BCUT2D eigenvalue weighted by molar-refractivity contribution is 0.247. The van der Waals surface area contributed by atoms with Gasteiger partial charge in [-0.25, -0.2) is 0 Å². The van der Waals surface area contributed by atoms with Gasteiger partial charge < -0.3 is 10.2 Å². The first kappa shape index (κ1) is 14.5. The summed E-state index contributed by atoms with van der Waals surface area (Å²) in [5.41, 5.74) is 1.47. The van der Waals surface area contributed by atoms with E-state index >= 15 is 0 Å². The molecule has 0 aliphatic carbocycles. The summed E-state index contributed by atoms with van der Waals surface area (Å²) < 4.78 is 0. The zero-order valence-corrected chi connectivity index (χ0v) is 12.3. The number of hydrogen-bond donors (Lipinski definition) is 1. The Kier molecular flexibility index (Phi) is 6.38. The van der Waals surface area contributed by atoms with E-state index in [0.29, 0.717) is 0 Å². The molecule has 2 rings (SSSR count). The molecule has 1 aromatic rings. The maximum Gasteiger partial charge on any atom is 0.0195 e. The molecule has 0 bridgehead atoms. The normalized spacial score (nSPS) is 19.2. The van der Waals surface area contributed by atoms with Gasteiger partial charge in [-0.15, -0.1) is 0 Å². The third-order valence-corrected chi connectivity index (χ3v) is 3.96. The van der Waals surface area contributed by atoms with Crippen molar-refractivity contribution in [2.24, 2.45) is 0 Å². The predicted octanol–water partition coefficient (Wildman–Crippen LogP) is 3.08. The van der Waals surface area contributed by atoms with E-state index in [0.717, 1.165) is 6.04 Å². The highest BCUT2D eigenvalue weighted by molar-refractivity contribution is 5.14. The van der Waals surface area contributed by atoms with Crippen LogP contribution in [0.1, 0.15) is 38.2 Å². The van der Waals surface area contributed by atoms with Gasteiger partial charge in [0.05, 0.1) is 0 Å². The second-order valence-corrected chi connectivity index (χ2v) is 5.68. The van der Waals surface area contributed by atoms with E-state index in [1.54, 1.807) is 0 Å². The van der Waals surface area contributed by atoms with Crippen molar-refractivity contribution in [3.8, 4) is 0 Å². The van der Waals surface area contributed by atoms with E-state index in [1.807, 2.05) is 0 Å². The molecular weight excluding hydrogens is 232 g/mol. The van der Waals surface area contributed by atoms with Crippen LogP contribution >= 0.6 is 0 Å². The molecule has 0 aromatic heterocycles. The van der Waals surface area contributed by atoms with Crippen LogP contribution in [0.2, 0.25) is 0 Å². The first-order chi connectivity index (χ1) is 9.38. The molecule has 1 N–H and O–H groups in total. The van der Waals surface area contributed by atoms with E-state index in [2.05, 4.69) is 47.5 Å². The average molecular weight is 260 g/mol. The molecule has 0 spiro atoms. The molecular formula is C17H28N2. The van der Waals surface area contributed by atoms with Crippen LogP contribution in [0.4, 0.5) is 0 Å². The van der Waals surface area contributed by atoms with Gasteiger partial charge in [0, 0.05) is 12.6 Å². The zero-order chi connectivity index (χ0) is 13.3. The van der Waals surface area contributed by atoms with E-state index < -0.39 is 0 Å². The van der Waals surface area contributed by atoms with Gasteiger partial charge in [0.2, 0.25) is 0 Å². The summed E-state index contributed by atoms with van der Waals surface area (Å²) >= 11 is 0. The Hall–Kier alpha value is -0.860. The number of benzene rings is 1. The summed E-state index contributed by atoms with van der Waals surface area (Å²) in [7, 11) is 0. The predicted molar refractivity (Wildman–Crippen MR) is 82.5 cm³/mol. The summed E-state index contributed by atoms with van der Waals surface area (Å²) in [5, 5.41) is 3.61. The van der Waals surface area contributed by atoms with Crippen LogP contribution in [0.5, 0.6) is 0 Å². The summed E-state index contributed by atoms with van der Waals surface area (Å²) in [4.78, 5) is 2.64. The minimum atomic E-state index is 0.739. The monoisotopic (exact) mass is 260 g/mol. The van der Waals surface area contributed by atoms with Crippen molar-refractivity contribution < 1.29 is 0 Å². The van der Waals surface area contributed by atoms with Gasteiger partial charge in [-0.2, -0.15) is 0 Å². The van der Waals surface area contributed by atoms with Crippen LogP contribution in [0.25, 0.3) is 0 Å². The van der Waals surface area contributed by atoms with Gasteiger partial charge in [0.15, 0.2) is 0 Å². The first-order valence-electron chi connectivity index (χ1n) is 7.88. The lowest BCUT2D eigenvalue weighted by Crippen LogP contribution is -2.38. The molecule has 19 heavy (non-hydrogen) atoms. The van der Waals surface area contributed by atoms with Crippen molar-refractivity contribution >= 4 is 0 Å². The van der Waals surface area contributed by atoms with E-state index in [1.165, 1.54) is 63.8 Å². The topological polar surface area (TPSA) is 15.3 Å². The fourth-order valence-corrected chi connectivity index (χ4v) is 2.99. The van der Waals surface area contributed by atoms with Gasteiger partial charge in [0.25, 0.3) is 0 Å². The molecule has 2 heteroatoms. The minimum absolute atomic E-state index is 0.739. The molecule has 1 atom stereocenters. The Bertz CT molecular complexity index is 330. The lowest BCUT2D eigenvalue weighted by Gasteiger charge is -2.25. The number of aryl methyl sites for hydroxylation is 1. The van der Waals surface area contributed by atoms with Crippen molar-refractivity contribution in [3.05, 3.63) is 35.9 Å². The molecule has 1 aromatic carbocycles. The maximum absolute atomic E-state index is 3.61. The number of hydrogen-bond acceptors (Lipinski definition) is 2. The number of nitrogens with zero attached hydrogens (tertiary/aromatic N) is 1. The van der Waals surface area contributed by atoms with Crippen molar-refractivity contribution in [2.75, 3.05) is 26.2 Å². The Morgan fingerprint density at radius 3 is 2.74 bits per heavy atom. The molecule has 0 saturated carbocycles. The largest absolute Gasteiger partial charge is 0.313 e. The second kappa shape index (κ2) is 8.34. The standard InChI is InChI=1S/C17H28N2/c1-2-13-19(15-17-11-6-12-18-17)14-7-10-16-8-4-3-5-9-16/h3-5,8-9,17-18H,2,6-7,10-15H2,1H3. The Morgan fingerprint density at radius 2 is 2.05 bits per heavy atom. The molecule has 0 radical (unpaired) electrons. The smallest absolute Gasteiger partial charge is 0.0195 e. The number of nitrogens with one attached hydrogen (secondary N) is 1. The molecule has 1 aliphatic heterocycles.